The molecule has 2 aromatic rings. The van der Waals surface area contributed by atoms with E-state index in [2.05, 4.69) is 28.1 Å². The van der Waals surface area contributed by atoms with Crippen molar-refractivity contribution in [3.63, 3.8) is 0 Å². The molecule has 0 bridgehead atoms. The maximum Gasteiger partial charge on any atom is 0.251 e. The predicted octanol–water partition coefficient (Wildman–Crippen LogP) is 3.68. The first-order chi connectivity index (χ1) is 13.0. The van der Waals surface area contributed by atoms with E-state index < -0.39 is 0 Å². The van der Waals surface area contributed by atoms with Crippen molar-refractivity contribution in [2.75, 3.05) is 31.1 Å². The van der Waals surface area contributed by atoms with E-state index in [0.29, 0.717) is 0 Å². The number of hydrogen-bond donors (Lipinski definition) is 1. The van der Waals surface area contributed by atoms with Crippen LogP contribution < -0.4 is 10.2 Å². The Bertz CT molecular complexity index is 754. The zero-order chi connectivity index (χ0) is 19.2. The Morgan fingerprint density at radius 3 is 2.48 bits per heavy atom. The lowest BCUT2D eigenvalue weighted by atomic mass is 10.1. The molecule has 27 heavy (non-hydrogen) atoms. The Balaban J connectivity index is 1.55. The molecular formula is C22H28FN3O. The summed E-state index contributed by atoms with van der Waals surface area (Å²) in [5.74, 6) is -0.207. The standard InChI is InChI=1S/C22H28FN3O/c1-3-17(2)24-22(27)19-6-4-5-18(15-19)16-25-11-13-26(14-12-25)21-9-7-20(23)8-10-21/h4-10,15,17H,3,11-14,16H2,1-2H3,(H,24,27)/t17-/m0/s1. The Labute approximate surface area is 161 Å². The number of nitrogens with one attached hydrogen (secondary N) is 1. The van der Waals surface area contributed by atoms with E-state index in [1.54, 1.807) is 0 Å². The van der Waals surface area contributed by atoms with Crippen molar-refractivity contribution in [1.82, 2.24) is 10.2 Å². The summed E-state index contributed by atoms with van der Waals surface area (Å²) in [6.07, 6.45) is 0.920. The quantitative estimate of drug-likeness (QED) is 0.844. The smallest absolute Gasteiger partial charge is 0.251 e. The third kappa shape index (κ3) is 5.30. The van der Waals surface area contributed by atoms with Crippen LogP contribution in [0.3, 0.4) is 0 Å². The Kier molecular flexibility index (Phi) is 6.45. The molecule has 1 atom stereocenters. The first-order valence-corrected chi connectivity index (χ1v) is 9.68. The van der Waals surface area contributed by atoms with Gasteiger partial charge in [0.2, 0.25) is 0 Å². The summed E-state index contributed by atoms with van der Waals surface area (Å²) < 4.78 is 13.1. The molecule has 0 unspecified atom stereocenters. The molecule has 1 amide bonds. The summed E-state index contributed by atoms with van der Waals surface area (Å²) in [5, 5.41) is 3.02. The molecule has 1 saturated heterocycles. The van der Waals surface area contributed by atoms with Gasteiger partial charge in [-0.05, 0) is 55.3 Å². The van der Waals surface area contributed by atoms with Gasteiger partial charge in [0.15, 0.2) is 0 Å². The molecule has 3 rings (SSSR count). The highest BCUT2D eigenvalue weighted by molar-refractivity contribution is 5.94. The van der Waals surface area contributed by atoms with E-state index in [-0.39, 0.29) is 17.8 Å². The minimum atomic E-state index is -0.199. The van der Waals surface area contributed by atoms with Gasteiger partial charge in [0.05, 0.1) is 0 Å². The number of hydrogen-bond acceptors (Lipinski definition) is 3. The highest BCUT2D eigenvalue weighted by Crippen LogP contribution is 2.18. The fraction of sp³-hybridized carbons (Fsp3) is 0.409. The second-order valence-corrected chi connectivity index (χ2v) is 7.22. The highest BCUT2D eigenvalue weighted by Gasteiger charge is 2.18. The van der Waals surface area contributed by atoms with Gasteiger partial charge in [0.1, 0.15) is 5.82 Å². The molecule has 0 spiro atoms. The molecular weight excluding hydrogens is 341 g/mol. The number of piperazine rings is 1. The van der Waals surface area contributed by atoms with Crippen LogP contribution in [-0.2, 0) is 6.54 Å². The number of halogens is 1. The number of carbonyl (C=O) groups excluding carboxylic acids is 1. The monoisotopic (exact) mass is 369 g/mol. The van der Waals surface area contributed by atoms with Crippen molar-refractivity contribution < 1.29 is 9.18 Å². The van der Waals surface area contributed by atoms with Crippen LogP contribution in [0.2, 0.25) is 0 Å². The third-order valence-corrected chi connectivity index (χ3v) is 5.15. The molecule has 1 N–H and O–H groups in total. The zero-order valence-electron chi connectivity index (χ0n) is 16.1. The lowest BCUT2D eigenvalue weighted by molar-refractivity contribution is 0.0939. The van der Waals surface area contributed by atoms with Gasteiger partial charge in [-0.2, -0.15) is 0 Å². The second kappa shape index (κ2) is 9.00. The molecule has 1 fully saturated rings. The van der Waals surface area contributed by atoms with Crippen LogP contribution in [0.5, 0.6) is 0 Å². The van der Waals surface area contributed by atoms with Crippen molar-refractivity contribution in [2.24, 2.45) is 0 Å². The largest absolute Gasteiger partial charge is 0.369 e. The maximum absolute atomic E-state index is 13.1. The summed E-state index contributed by atoms with van der Waals surface area (Å²) >= 11 is 0. The molecule has 0 aromatic heterocycles. The van der Waals surface area contributed by atoms with Crippen molar-refractivity contribution in [3.8, 4) is 0 Å². The van der Waals surface area contributed by atoms with Crippen LogP contribution in [0, 0.1) is 5.82 Å². The number of benzene rings is 2. The first kappa shape index (κ1) is 19.4. The maximum atomic E-state index is 13.1. The van der Waals surface area contributed by atoms with Gasteiger partial charge < -0.3 is 10.2 Å². The van der Waals surface area contributed by atoms with E-state index >= 15 is 0 Å². The number of nitrogens with zero attached hydrogens (tertiary/aromatic N) is 2. The van der Waals surface area contributed by atoms with E-state index in [4.69, 9.17) is 0 Å². The average molecular weight is 369 g/mol. The number of amides is 1. The van der Waals surface area contributed by atoms with Gasteiger partial charge in [0, 0.05) is 50.0 Å². The van der Waals surface area contributed by atoms with Crippen molar-refractivity contribution in [1.29, 1.82) is 0 Å². The molecule has 0 aliphatic carbocycles. The van der Waals surface area contributed by atoms with Crippen LogP contribution in [0.4, 0.5) is 10.1 Å². The zero-order valence-corrected chi connectivity index (χ0v) is 16.1. The van der Waals surface area contributed by atoms with Crippen molar-refractivity contribution in [2.45, 2.75) is 32.9 Å². The molecule has 0 radical (unpaired) electrons. The summed E-state index contributed by atoms with van der Waals surface area (Å²) in [6, 6.07) is 14.8. The van der Waals surface area contributed by atoms with Gasteiger partial charge in [0.25, 0.3) is 5.91 Å². The number of anilines is 1. The minimum absolute atomic E-state index is 0.00710. The van der Waals surface area contributed by atoms with E-state index in [1.807, 2.05) is 37.3 Å². The molecule has 4 nitrogen and oxygen atoms in total. The minimum Gasteiger partial charge on any atom is -0.369 e. The third-order valence-electron chi connectivity index (χ3n) is 5.15. The number of carbonyl (C=O) groups is 1. The fourth-order valence-corrected chi connectivity index (χ4v) is 3.29. The normalized spacial score (nSPS) is 16.2. The topological polar surface area (TPSA) is 35.6 Å². The first-order valence-electron chi connectivity index (χ1n) is 9.68. The van der Waals surface area contributed by atoms with E-state index in [9.17, 15) is 9.18 Å². The van der Waals surface area contributed by atoms with Crippen LogP contribution in [0.25, 0.3) is 0 Å². The molecule has 1 aliphatic rings. The molecule has 1 heterocycles. The van der Waals surface area contributed by atoms with Crippen LogP contribution in [0.1, 0.15) is 36.2 Å². The summed E-state index contributed by atoms with van der Waals surface area (Å²) in [4.78, 5) is 17.0. The predicted molar refractivity (Wildman–Crippen MR) is 108 cm³/mol. The Morgan fingerprint density at radius 1 is 1.11 bits per heavy atom. The van der Waals surface area contributed by atoms with E-state index in [1.165, 1.54) is 12.1 Å². The van der Waals surface area contributed by atoms with Crippen molar-refractivity contribution >= 4 is 11.6 Å². The summed E-state index contributed by atoms with van der Waals surface area (Å²) in [6.45, 7) is 8.64. The van der Waals surface area contributed by atoms with Gasteiger partial charge in [-0.3, -0.25) is 9.69 Å². The lowest BCUT2D eigenvalue weighted by Crippen LogP contribution is -2.46. The summed E-state index contributed by atoms with van der Waals surface area (Å²) in [7, 11) is 0. The van der Waals surface area contributed by atoms with Gasteiger partial charge in [-0.25, -0.2) is 4.39 Å². The molecule has 1 aliphatic heterocycles. The van der Waals surface area contributed by atoms with Gasteiger partial charge in [-0.1, -0.05) is 19.1 Å². The Morgan fingerprint density at radius 2 is 1.81 bits per heavy atom. The lowest BCUT2D eigenvalue weighted by Gasteiger charge is -2.36. The van der Waals surface area contributed by atoms with Gasteiger partial charge >= 0.3 is 0 Å². The molecule has 144 valence electrons. The fourth-order valence-electron chi connectivity index (χ4n) is 3.29. The van der Waals surface area contributed by atoms with Crippen LogP contribution in [0.15, 0.2) is 48.5 Å². The van der Waals surface area contributed by atoms with Gasteiger partial charge in [-0.15, -0.1) is 0 Å². The molecule has 5 heteroatoms. The van der Waals surface area contributed by atoms with Crippen molar-refractivity contribution in [3.05, 3.63) is 65.5 Å². The summed E-state index contributed by atoms with van der Waals surface area (Å²) in [5.41, 5.74) is 2.94. The highest BCUT2D eigenvalue weighted by atomic mass is 19.1. The molecule has 0 saturated carbocycles. The van der Waals surface area contributed by atoms with Crippen LogP contribution in [-0.4, -0.2) is 43.0 Å². The average Bonchev–Trinajstić information content (AvgIpc) is 2.69. The van der Waals surface area contributed by atoms with Crippen LogP contribution >= 0.6 is 0 Å². The van der Waals surface area contributed by atoms with E-state index in [0.717, 1.165) is 56.0 Å². The number of rotatable bonds is 6. The SMILES string of the molecule is CC[C@H](C)NC(=O)c1cccc(CN2CCN(c3ccc(F)cc3)CC2)c1. The molecule has 2 aromatic carbocycles. The Hall–Kier alpha value is -2.40. The second-order valence-electron chi connectivity index (χ2n) is 7.22.